The van der Waals surface area contributed by atoms with Gasteiger partial charge in [-0.1, -0.05) is 27.7 Å². The van der Waals surface area contributed by atoms with Crippen molar-refractivity contribution in [3.63, 3.8) is 0 Å². The molecule has 1 atom stereocenters. The number of alkyl carbamates (subject to hydrolysis) is 1. The van der Waals surface area contributed by atoms with Gasteiger partial charge in [-0.25, -0.2) is 4.79 Å². The number of amides is 1. The van der Waals surface area contributed by atoms with Crippen LogP contribution in [0, 0.1) is 0 Å². The Kier molecular flexibility index (Phi) is 23.9. The molecule has 8 nitrogen and oxygen atoms in total. The normalized spacial score (nSPS) is 11.0. The van der Waals surface area contributed by atoms with Crippen LogP contribution in [0.3, 0.4) is 0 Å². The van der Waals surface area contributed by atoms with Crippen molar-refractivity contribution in [2.75, 3.05) is 20.2 Å². The molecule has 0 bridgehead atoms. The number of hydrazine groups is 1. The molecule has 1 amide bonds. The Balaban J connectivity index is -0.00000102. The van der Waals surface area contributed by atoms with Crippen LogP contribution in [-0.2, 0) is 9.53 Å². The van der Waals surface area contributed by atoms with Crippen LogP contribution in [-0.4, -0.2) is 38.1 Å². The van der Waals surface area contributed by atoms with Crippen molar-refractivity contribution in [3.8, 4) is 0 Å². The van der Waals surface area contributed by atoms with Crippen molar-refractivity contribution in [2.45, 2.75) is 59.9 Å². The molecular weight excluding hydrogens is 310 g/mol. The third kappa shape index (κ3) is 18.2. The molecule has 0 saturated carbocycles. The second-order valence-corrected chi connectivity index (χ2v) is 4.34. The van der Waals surface area contributed by atoms with Gasteiger partial charge in [0, 0.05) is 12.7 Å². The maximum absolute atomic E-state index is 11.3. The van der Waals surface area contributed by atoms with Crippen LogP contribution in [0.25, 0.3) is 0 Å². The predicted octanol–water partition coefficient (Wildman–Crippen LogP) is 1.38. The van der Waals surface area contributed by atoms with E-state index in [1.807, 2.05) is 27.7 Å². The minimum absolute atomic E-state index is 0.0256. The third-order valence-electron chi connectivity index (χ3n) is 2.67. The van der Waals surface area contributed by atoms with Crippen LogP contribution in [0.4, 0.5) is 4.79 Å². The number of likely N-dealkylation sites (N-methyl/N-ethyl adjacent to an activating group) is 1. The van der Waals surface area contributed by atoms with Gasteiger partial charge in [0.05, 0.1) is 11.7 Å². The second-order valence-electron chi connectivity index (χ2n) is 4.34. The number of carbonyl (C=O) groups is 2. The molecular formula is C16H37N5O3. The van der Waals surface area contributed by atoms with E-state index in [0.29, 0.717) is 12.2 Å². The molecule has 0 aromatic heterocycles. The highest BCUT2D eigenvalue weighted by atomic mass is 16.5. The monoisotopic (exact) mass is 347 g/mol. The van der Waals surface area contributed by atoms with E-state index in [1.54, 1.807) is 14.0 Å². The van der Waals surface area contributed by atoms with E-state index >= 15 is 0 Å². The van der Waals surface area contributed by atoms with Crippen molar-refractivity contribution in [1.29, 1.82) is 0 Å². The van der Waals surface area contributed by atoms with Crippen LogP contribution < -0.4 is 27.6 Å². The predicted molar refractivity (Wildman–Crippen MR) is 99.0 cm³/mol. The summed E-state index contributed by atoms with van der Waals surface area (Å²) in [6, 6.07) is -0.115. The van der Waals surface area contributed by atoms with Crippen LogP contribution in [0.1, 0.15) is 53.9 Å². The van der Waals surface area contributed by atoms with Gasteiger partial charge < -0.3 is 26.5 Å². The van der Waals surface area contributed by atoms with E-state index in [0.717, 1.165) is 19.3 Å². The molecule has 1 unspecified atom stereocenters. The zero-order valence-electron chi connectivity index (χ0n) is 16.1. The van der Waals surface area contributed by atoms with Crippen LogP contribution in [0.15, 0.2) is 11.9 Å². The summed E-state index contributed by atoms with van der Waals surface area (Å²) in [4.78, 5) is 22.4. The molecule has 0 radical (unpaired) electrons. The maximum atomic E-state index is 11.3. The van der Waals surface area contributed by atoms with Gasteiger partial charge in [-0.05, 0) is 33.2 Å². The summed E-state index contributed by atoms with van der Waals surface area (Å²) in [5.41, 5.74) is 8.02. The maximum Gasteiger partial charge on any atom is 0.407 e. The van der Waals surface area contributed by atoms with E-state index in [2.05, 4.69) is 16.1 Å². The fourth-order valence-corrected chi connectivity index (χ4v) is 1.56. The first-order valence-corrected chi connectivity index (χ1v) is 8.50. The fraction of sp³-hybridized carbons (Fsp3) is 0.750. The molecule has 0 heterocycles. The summed E-state index contributed by atoms with van der Waals surface area (Å²) in [5.74, 6) is 5.14. The smallest absolute Gasteiger partial charge is 0.407 e. The van der Waals surface area contributed by atoms with Gasteiger partial charge in [0.15, 0.2) is 0 Å². The molecule has 8 heteroatoms. The number of ketones is 1. The number of hydrogen-bond donors (Lipinski definition) is 5. The Hall–Kier alpha value is -1.80. The average molecular weight is 348 g/mol. The summed E-state index contributed by atoms with van der Waals surface area (Å²) in [6.07, 6.45) is 3.17. The van der Waals surface area contributed by atoms with Crippen molar-refractivity contribution in [3.05, 3.63) is 11.9 Å². The van der Waals surface area contributed by atoms with Gasteiger partial charge >= 0.3 is 6.09 Å². The molecule has 144 valence electrons. The lowest BCUT2D eigenvalue weighted by atomic mass is 10.1. The SMILES string of the molecule is CC.CC.CNC(CCCCNC(=O)OC/C(N)=C/NN)C(C)=O. The molecule has 0 aromatic carbocycles. The summed E-state index contributed by atoms with van der Waals surface area (Å²) in [5, 5.41) is 5.55. The van der Waals surface area contributed by atoms with E-state index < -0.39 is 6.09 Å². The van der Waals surface area contributed by atoms with Gasteiger partial charge in [-0.3, -0.25) is 10.6 Å². The number of ether oxygens (including phenoxy) is 1. The van der Waals surface area contributed by atoms with Gasteiger partial charge in [0.25, 0.3) is 0 Å². The van der Waals surface area contributed by atoms with E-state index in [4.69, 9.17) is 16.3 Å². The Labute approximate surface area is 146 Å². The zero-order valence-corrected chi connectivity index (χ0v) is 16.1. The number of rotatable bonds is 10. The molecule has 24 heavy (non-hydrogen) atoms. The Morgan fingerprint density at radius 3 is 2.21 bits per heavy atom. The quantitative estimate of drug-likeness (QED) is 0.229. The molecule has 0 fully saturated rings. The Morgan fingerprint density at radius 1 is 1.17 bits per heavy atom. The summed E-state index contributed by atoms with van der Waals surface area (Å²) < 4.78 is 4.84. The average Bonchev–Trinajstić information content (AvgIpc) is 2.59. The second kappa shape index (κ2) is 21.2. The summed E-state index contributed by atoms with van der Waals surface area (Å²) in [7, 11) is 1.76. The van der Waals surface area contributed by atoms with Crippen molar-refractivity contribution in [2.24, 2.45) is 11.6 Å². The van der Waals surface area contributed by atoms with E-state index in [1.165, 1.54) is 6.20 Å². The number of nitrogens with two attached hydrogens (primary N) is 2. The topological polar surface area (TPSA) is 132 Å². The van der Waals surface area contributed by atoms with E-state index in [-0.39, 0.29) is 18.4 Å². The minimum atomic E-state index is -0.532. The molecule has 0 rings (SSSR count). The van der Waals surface area contributed by atoms with E-state index in [9.17, 15) is 9.59 Å². The van der Waals surface area contributed by atoms with Crippen molar-refractivity contribution >= 4 is 11.9 Å². The first kappa shape index (κ1) is 27.1. The highest BCUT2D eigenvalue weighted by Crippen LogP contribution is 2.01. The largest absolute Gasteiger partial charge is 0.443 e. The number of carbonyl (C=O) groups excluding carboxylic acids is 2. The molecule has 0 aliphatic carbocycles. The summed E-state index contributed by atoms with van der Waals surface area (Å²) >= 11 is 0. The van der Waals surface area contributed by atoms with Crippen LogP contribution >= 0.6 is 0 Å². The zero-order chi connectivity index (χ0) is 19.4. The lowest BCUT2D eigenvalue weighted by molar-refractivity contribution is -0.119. The number of hydrogen-bond acceptors (Lipinski definition) is 7. The van der Waals surface area contributed by atoms with Gasteiger partial charge in [0.2, 0.25) is 0 Å². The first-order chi connectivity index (χ1) is 11.5. The number of Topliss-reactive ketones (excluding diaryl/α,β-unsaturated/α-hetero) is 1. The highest BCUT2D eigenvalue weighted by molar-refractivity contribution is 5.81. The molecule has 0 spiro atoms. The van der Waals surface area contributed by atoms with Crippen molar-refractivity contribution in [1.82, 2.24) is 16.1 Å². The fourth-order valence-electron chi connectivity index (χ4n) is 1.56. The lowest BCUT2D eigenvalue weighted by Gasteiger charge is -2.12. The van der Waals surface area contributed by atoms with Gasteiger partial charge in [0.1, 0.15) is 12.4 Å². The number of unbranched alkanes of at least 4 members (excludes halogenated alkanes) is 1. The Morgan fingerprint density at radius 2 is 1.75 bits per heavy atom. The van der Waals surface area contributed by atoms with Gasteiger partial charge in [-0.15, -0.1) is 0 Å². The Bertz CT molecular complexity index is 336. The standard InChI is InChI=1S/C12H25N5O3.2C2H6/c1-9(18)11(15-2)5-3-4-6-16-12(19)20-8-10(13)7-17-14;2*1-2/h7,11,15,17H,3-6,8,13-14H2,1-2H3,(H,16,19);2*1-2H3/b10-7-;;. The lowest BCUT2D eigenvalue weighted by Crippen LogP contribution is -2.32. The van der Waals surface area contributed by atoms with Crippen LogP contribution in [0.2, 0.25) is 0 Å². The molecule has 0 aliphatic rings. The highest BCUT2D eigenvalue weighted by Gasteiger charge is 2.10. The van der Waals surface area contributed by atoms with Crippen molar-refractivity contribution < 1.29 is 14.3 Å². The number of nitrogens with one attached hydrogen (secondary N) is 3. The molecule has 7 N–H and O–H groups in total. The molecule has 0 aliphatic heterocycles. The molecule has 0 aromatic rings. The van der Waals surface area contributed by atoms with Crippen LogP contribution in [0.5, 0.6) is 0 Å². The third-order valence-corrected chi connectivity index (χ3v) is 2.67. The molecule has 0 saturated heterocycles. The van der Waals surface area contributed by atoms with Gasteiger partial charge in [-0.2, -0.15) is 0 Å². The minimum Gasteiger partial charge on any atom is -0.443 e. The first-order valence-electron chi connectivity index (χ1n) is 8.50. The summed E-state index contributed by atoms with van der Waals surface area (Å²) in [6.45, 7) is 10.0.